The molecule has 3 heteroatoms. The monoisotopic (exact) mass is 327 g/mol. The summed E-state index contributed by atoms with van der Waals surface area (Å²) in [6.07, 6.45) is 2.04. The molecule has 4 aromatic rings. The molecule has 0 unspecified atom stereocenters. The van der Waals surface area contributed by atoms with Gasteiger partial charge in [0.05, 0.1) is 12.1 Å². The SMILES string of the molecule is [C-]#[N+]c1cc2c(oc3c(-c4cccc[n+]4C)c(C)ccc32)c(C)c1C. The van der Waals surface area contributed by atoms with Crippen LogP contribution in [-0.2, 0) is 7.05 Å². The lowest BCUT2D eigenvalue weighted by atomic mass is 9.99. The highest BCUT2D eigenvalue weighted by Gasteiger charge is 2.21. The predicted molar refractivity (Wildman–Crippen MR) is 101 cm³/mol. The van der Waals surface area contributed by atoms with Crippen LogP contribution in [0.25, 0.3) is 38.0 Å². The molecule has 0 saturated heterocycles. The third-order valence-corrected chi connectivity index (χ3v) is 5.10. The second kappa shape index (κ2) is 5.46. The molecule has 25 heavy (non-hydrogen) atoms. The van der Waals surface area contributed by atoms with E-state index in [9.17, 15) is 0 Å². The molecule has 0 aliphatic heterocycles. The molecule has 0 atom stereocenters. The van der Waals surface area contributed by atoms with E-state index < -0.39 is 0 Å². The van der Waals surface area contributed by atoms with E-state index in [1.807, 2.05) is 45.3 Å². The molecule has 0 amide bonds. The largest absolute Gasteiger partial charge is 0.455 e. The van der Waals surface area contributed by atoms with E-state index in [1.165, 1.54) is 5.56 Å². The molecule has 2 aromatic carbocycles. The Morgan fingerprint density at radius 3 is 2.48 bits per heavy atom. The van der Waals surface area contributed by atoms with Gasteiger partial charge in [0.2, 0.25) is 5.69 Å². The first-order valence-corrected chi connectivity index (χ1v) is 8.31. The summed E-state index contributed by atoms with van der Waals surface area (Å²) >= 11 is 0. The highest BCUT2D eigenvalue weighted by Crippen LogP contribution is 2.40. The van der Waals surface area contributed by atoms with Gasteiger partial charge in [0.25, 0.3) is 0 Å². The van der Waals surface area contributed by atoms with E-state index in [0.717, 1.165) is 44.3 Å². The first-order chi connectivity index (χ1) is 12.0. The third-order valence-electron chi connectivity index (χ3n) is 5.10. The molecule has 0 aliphatic rings. The van der Waals surface area contributed by atoms with Crippen LogP contribution in [0.4, 0.5) is 5.69 Å². The van der Waals surface area contributed by atoms with Gasteiger partial charge in [-0.05, 0) is 49.6 Å². The zero-order chi connectivity index (χ0) is 17.7. The number of hydrogen-bond acceptors (Lipinski definition) is 1. The molecule has 0 spiro atoms. The van der Waals surface area contributed by atoms with Crippen LogP contribution in [0, 0.1) is 27.3 Å². The van der Waals surface area contributed by atoms with Gasteiger partial charge in [-0.3, -0.25) is 0 Å². The van der Waals surface area contributed by atoms with Crippen molar-refractivity contribution in [3.05, 3.63) is 70.7 Å². The van der Waals surface area contributed by atoms with E-state index >= 15 is 0 Å². The summed E-state index contributed by atoms with van der Waals surface area (Å²) in [5, 5.41) is 2.08. The summed E-state index contributed by atoms with van der Waals surface area (Å²) in [4.78, 5) is 3.68. The third kappa shape index (κ3) is 2.15. The first-order valence-electron chi connectivity index (χ1n) is 8.31. The van der Waals surface area contributed by atoms with Gasteiger partial charge in [0.1, 0.15) is 18.2 Å². The van der Waals surface area contributed by atoms with Crippen LogP contribution in [0.3, 0.4) is 0 Å². The maximum absolute atomic E-state index is 7.45. The highest BCUT2D eigenvalue weighted by molar-refractivity contribution is 6.11. The van der Waals surface area contributed by atoms with Gasteiger partial charge in [0.15, 0.2) is 11.9 Å². The summed E-state index contributed by atoms with van der Waals surface area (Å²) in [5.74, 6) is 0. The molecule has 4 rings (SSSR count). The first kappa shape index (κ1) is 15.4. The number of pyridine rings is 1. The minimum Gasteiger partial charge on any atom is -0.455 e. The Morgan fingerprint density at radius 2 is 1.76 bits per heavy atom. The minimum atomic E-state index is 0.695. The van der Waals surface area contributed by atoms with Gasteiger partial charge in [-0.2, -0.15) is 0 Å². The average molecular weight is 327 g/mol. The Kier molecular flexibility index (Phi) is 3.36. The van der Waals surface area contributed by atoms with Crippen LogP contribution >= 0.6 is 0 Å². The summed E-state index contributed by atoms with van der Waals surface area (Å²) in [6, 6.07) is 12.4. The smallest absolute Gasteiger partial charge is 0.216 e. The number of rotatable bonds is 1. The standard InChI is InChI=1S/C22H19N2O/c1-13-9-10-16-17-12-18(23-4)14(2)15(3)21(17)25-22(16)20(13)19-8-6-7-11-24(19)5/h6-12H,1-3,5H3/q+1. The van der Waals surface area contributed by atoms with Gasteiger partial charge < -0.3 is 4.42 Å². The Bertz CT molecular complexity index is 1190. The van der Waals surface area contributed by atoms with E-state index in [-0.39, 0.29) is 0 Å². The fourth-order valence-corrected chi connectivity index (χ4v) is 3.53. The van der Waals surface area contributed by atoms with Crippen molar-refractivity contribution in [3.63, 3.8) is 0 Å². The van der Waals surface area contributed by atoms with Gasteiger partial charge >= 0.3 is 0 Å². The van der Waals surface area contributed by atoms with Crippen LogP contribution in [0.5, 0.6) is 0 Å². The lowest BCUT2D eigenvalue weighted by molar-refractivity contribution is -0.660. The molecule has 2 heterocycles. The number of furan rings is 1. The van der Waals surface area contributed by atoms with Crippen LogP contribution in [0.2, 0.25) is 0 Å². The van der Waals surface area contributed by atoms with Crippen molar-refractivity contribution in [1.82, 2.24) is 0 Å². The van der Waals surface area contributed by atoms with Crippen molar-refractivity contribution in [2.75, 3.05) is 0 Å². The zero-order valence-electron chi connectivity index (χ0n) is 14.8. The molecular weight excluding hydrogens is 308 g/mol. The molecule has 0 bridgehead atoms. The lowest BCUT2D eigenvalue weighted by Crippen LogP contribution is -2.30. The van der Waals surface area contributed by atoms with Gasteiger partial charge in [-0.25, -0.2) is 9.41 Å². The number of aryl methyl sites for hydroxylation is 3. The minimum absolute atomic E-state index is 0.695. The van der Waals surface area contributed by atoms with Gasteiger partial charge in [0, 0.05) is 22.9 Å². The molecule has 0 saturated carbocycles. The Morgan fingerprint density at radius 1 is 0.960 bits per heavy atom. The summed E-state index contributed by atoms with van der Waals surface area (Å²) < 4.78 is 8.48. The molecule has 3 nitrogen and oxygen atoms in total. The van der Waals surface area contributed by atoms with Crippen LogP contribution in [0.15, 0.2) is 47.0 Å². The van der Waals surface area contributed by atoms with Crippen LogP contribution < -0.4 is 4.57 Å². The normalized spacial score (nSPS) is 11.2. The summed E-state index contributed by atoms with van der Waals surface area (Å²) in [6.45, 7) is 13.6. The Balaban J connectivity index is 2.20. The van der Waals surface area contributed by atoms with Crippen molar-refractivity contribution < 1.29 is 8.98 Å². The lowest BCUT2D eigenvalue weighted by Gasteiger charge is -2.04. The average Bonchev–Trinajstić information content (AvgIpc) is 2.97. The quantitative estimate of drug-likeness (QED) is 0.331. The van der Waals surface area contributed by atoms with Crippen molar-refractivity contribution in [2.45, 2.75) is 20.8 Å². The van der Waals surface area contributed by atoms with Gasteiger partial charge in [-0.15, -0.1) is 0 Å². The van der Waals surface area contributed by atoms with E-state index in [2.05, 4.69) is 34.5 Å². The summed E-state index contributed by atoms with van der Waals surface area (Å²) in [5.41, 5.74) is 7.90. The number of hydrogen-bond donors (Lipinski definition) is 0. The van der Waals surface area contributed by atoms with Crippen molar-refractivity contribution >= 4 is 27.6 Å². The van der Waals surface area contributed by atoms with Crippen molar-refractivity contribution in [1.29, 1.82) is 0 Å². The summed E-state index contributed by atoms with van der Waals surface area (Å²) in [7, 11) is 2.04. The molecule has 0 radical (unpaired) electrons. The number of benzene rings is 2. The van der Waals surface area contributed by atoms with E-state index in [1.54, 1.807) is 0 Å². The number of nitrogens with zero attached hydrogens (tertiary/aromatic N) is 2. The Labute approximate surface area is 147 Å². The second-order valence-corrected chi connectivity index (χ2v) is 6.57. The topological polar surface area (TPSA) is 21.4 Å². The number of aromatic nitrogens is 1. The molecule has 0 aliphatic carbocycles. The van der Waals surface area contributed by atoms with Crippen molar-refractivity contribution in [3.8, 4) is 11.3 Å². The Hall–Kier alpha value is -3.12. The zero-order valence-corrected chi connectivity index (χ0v) is 14.8. The molecule has 122 valence electrons. The van der Waals surface area contributed by atoms with Crippen LogP contribution in [0.1, 0.15) is 16.7 Å². The molecular formula is C22H19N2O+. The van der Waals surface area contributed by atoms with Crippen LogP contribution in [-0.4, -0.2) is 0 Å². The van der Waals surface area contributed by atoms with E-state index in [0.29, 0.717) is 5.69 Å². The second-order valence-electron chi connectivity index (χ2n) is 6.57. The van der Waals surface area contributed by atoms with Crippen molar-refractivity contribution in [2.24, 2.45) is 7.05 Å². The maximum atomic E-state index is 7.45. The fourth-order valence-electron chi connectivity index (χ4n) is 3.53. The molecule has 0 N–H and O–H groups in total. The van der Waals surface area contributed by atoms with E-state index in [4.69, 9.17) is 11.0 Å². The predicted octanol–water partition coefficient (Wildman–Crippen LogP) is 5.55. The fraction of sp³-hybridized carbons (Fsp3) is 0.182. The highest BCUT2D eigenvalue weighted by atomic mass is 16.3. The molecule has 2 aromatic heterocycles. The van der Waals surface area contributed by atoms with Gasteiger partial charge in [-0.1, -0.05) is 12.1 Å². The number of fused-ring (bicyclic) bond motifs is 3. The molecule has 0 fully saturated rings. The maximum Gasteiger partial charge on any atom is 0.216 e.